The van der Waals surface area contributed by atoms with Crippen molar-refractivity contribution in [2.24, 2.45) is 23.7 Å². The average molecular weight is 592 g/mol. The summed E-state index contributed by atoms with van der Waals surface area (Å²) >= 11 is 0. The van der Waals surface area contributed by atoms with Gasteiger partial charge in [0.2, 0.25) is 0 Å². The lowest BCUT2D eigenvalue weighted by atomic mass is 9.80. The van der Waals surface area contributed by atoms with Crippen molar-refractivity contribution >= 4 is 5.69 Å². The Morgan fingerprint density at radius 3 is 1.77 bits per heavy atom. The number of nitrogens with one attached hydrogen (secondary N) is 1. The van der Waals surface area contributed by atoms with E-state index < -0.39 is 0 Å². The Morgan fingerprint density at radius 1 is 0.674 bits per heavy atom. The summed E-state index contributed by atoms with van der Waals surface area (Å²) in [5.41, 5.74) is 2.64. The first-order chi connectivity index (χ1) is 20.9. The second-order valence-corrected chi connectivity index (χ2v) is 13.9. The minimum Gasteiger partial charge on any atom is -0.372 e. The Bertz CT molecular complexity index is 908. The Hall–Kier alpha value is -1.95. The standard InChI is InChI=1S/C12H17N.C8H15N.C7H15N.C6H7N.C5H11N/c1-11-7-9-13(10-8-11)12-5-3-2-4-6-12;1-7-6-9-4-2-8(7)3-5-9;1-7-3-2-5-8-6-4-7;1-6-2-4-7-5-3-6;1-6-4-2-3-5-6/h2-6,11H,7-10H2,1H3;7-8H,2-6H2,1H3;7-8H,2-6H2,1H3;2-5H,1H3;2-5H2,1H3. The van der Waals surface area contributed by atoms with Crippen LogP contribution in [-0.2, 0) is 0 Å². The fourth-order valence-electron chi connectivity index (χ4n) is 6.66. The number of benzene rings is 1. The Kier molecular flexibility index (Phi) is 17.3. The second kappa shape index (κ2) is 20.9. The van der Waals surface area contributed by atoms with Crippen LogP contribution >= 0.6 is 0 Å². The van der Waals surface area contributed by atoms with Crippen LogP contribution in [0.25, 0.3) is 0 Å². The summed E-state index contributed by atoms with van der Waals surface area (Å²) in [5.74, 6) is 3.95. The highest BCUT2D eigenvalue weighted by Crippen LogP contribution is 2.31. The van der Waals surface area contributed by atoms with Crippen molar-refractivity contribution < 1.29 is 0 Å². The maximum absolute atomic E-state index is 3.85. The van der Waals surface area contributed by atoms with Crippen LogP contribution in [-0.4, -0.2) is 80.7 Å². The average Bonchev–Trinajstić information content (AvgIpc) is 3.40. The Balaban J connectivity index is 0.000000151. The largest absolute Gasteiger partial charge is 0.372 e. The van der Waals surface area contributed by atoms with Crippen LogP contribution in [0.1, 0.15) is 84.1 Å². The van der Waals surface area contributed by atoms with E-state index in [1.165, 1.54) is 128 Å². The van der Waals surface area contributed by atoms with Gasteiger partial charge in [0.25, 0.3) is 0 Å². The molecule has 5 heteroatoms. The lowest BCUT2D eigenvalue weighted by molar-refractivity contribution is 0.0603. The second-order valence-electron chi connectivity index (χ2n) is 13.9. The van der Waals surface area contributed by atoms with Gasteiger partial charge in [-0.25, -0.2) is 0 Å². The summed E-state index contributed by atoms with van der Waals surface area (Å²) in [6, 6.07) is 14.7. The highest BCUT2D eigenvalue weighted by molar-refractivity contribution is 5.46. The summed E-state index contributed by atoms with van der Waals surface area (Å²) in [5, 5.41) is 3.38. The molecule has 8 rings (SSSR count). The molecule has 0 amide bonds. The predicted molar refractivity (Wildman–Crippen MR) is 187 cm³/mol. The van der Waals surface area contributed by atoms with Gasteiger partial charge in [0.15, 0.2) is 0 Å². The molecule has 2 bridgehead atoms. The van der Waals surface area contributed by atoms with E-state index in [1.54, 1.807) is 12.4 Å². The first-order valence-corrected chi connectivity index (χ1v) is 17.7. The molecule has 43 heavy (non-hydrogen) atoms. The molecular formula is C38H65N5. The normalized spacial score (nSPS) is 27.0. The first-order valence-electron chi connectivity index (χ1n) is 17.7. The maximum atomic E-state index is 3.85. The molecule has 7 heterocycles. The van der Waals surface area contributed by atoms with Crippen LogP contribution in [0, 0.1) is 30.6 Å². The molecule has 2 atom stereocenters. The van der Waals surface area contributed by atoms with Gasteiger partial charge in [0, 0.05) is 37.7 Å². The number of aryl methyl sites for hydroxylation is 1. The molecule has 2 unspecified atom stereocenters. The molecule has 1 aromatic carbocycles. The van der Waals surface area contributed by atoms with Crippen molar-refractivity contribution in [3.63, 3.8) is 0 Å². The molecule has 1 aromatic heterocycles. The van der Waals surface area contributed by atoms with Crippen LogP contribution < -0.4 is 10.2 Å². The fourth-order valence-corrected chi connectivity index (χ4v) is 6.66. The number of hydrogen-bond acceptors (Lipinski definition) is 5. The zero-order chi connectivity index (χ0) is 30.7. The summed E-state index contributed by atoms with van der Waals surface area (Å²) in [7, 11) is 2.17. The molecule has 5 nitrogen and oxygen atoms in total. The van der Waals surface area contributed by atoms with Crippen molar-refractivity contribution in [1.82, 2.24) is 20.1 Å². The van der Waals surface area contributed by atoms with Gasteiger partial charge < -0.3 is 20.0 Å². The monoisotopic (exact) mass is 592 g/mol. The number of aromatic nitrogens is 1. The van der Waals surface area contributed by atoms with Crippen molar-refractivity contribution in [3.8, 4) is 0 Å². The Morgan fingerprint density at radius 2 is 1.30 bits per heavy atom. The van der Waals surface area contributed by atoms with E-state index in [0.29, 0.717) is 0 Å². The SMILES string of the molecule is CC1CCCNCC1.CC1CCN(c2ccccc2)CC1.CC1CN2CCC1CC2.CN1CCCC1.Cc1ccncc1. The predicted octanol–water partition coefficient (Wildman–Crippen LogP) is 7.77. The fraction of sp³-hybridized carbons (Fsp3) is 0.711. The molecule has 242 valence electrons. The number of likely N-dealkylation sites (tertiary alicyclic amines) is 1. The molecule has 0 spiro atoms. The van der Waals surface area contributed by atoms with Crippen molar-refractivity contribution in [2.75, 3.05) is 70.9 Å². The van der Waals surface area contributed by atoms with Crippen molar-refractivity contribution in [1.29, 1.82) is 0 Å². The maximum Gasteiger partial charge on any atom is 0.0366 e. The minimum atomic E-state index is 0.917. The van der Waals surface area contributed by atoms with Gasteiger partial charge in [0.1, 0.15) is 0 Å². The summed E-state index contributed by atoms with van der Waals surface area (Å²) in [6.45, 7) is 20.9. The number of pyridine rings is 1. The van der Waals surface area contributed by atoms with E-state index >= 15 is 0 Å². The number of anilines is 1. The van der Waals surface area contributed by atoms with Crippen molar-refractivity contribution in [2.45, 2.75) is 85.5 Å². The topological polar surface area (TPSA) is 34.6 Å². The highest BCUT2D eigenvalue weighted by atomic mass is 15.1. The third-order valence-corrected chi connectivity index (χ3v) is 9.93. The molecular weight excluding hydrogens is 526 g/mol. The lowest BCUT2D eigenvalue weighted by Gasteiger charge is -2.43. The smallest absolute Gasteiger partial charge is 0.0366 e. The molecule has 0 radical (unpaired) electrons. The van der Waals surface area contributed by atoms with Gasteiger partial charge >= 0.3 is 0 Å². The molecule has 6 saturated heterocycles. The van der Waals surface area contributed by atoms with Crippen LogP contribution in [0.3, 0.4) is 0 Å². The van der Waals surface area contributed by atoms with E-state index in [-0.39, 0.29) is 0 Å². The zero-order valence-corrected chi connectivity index (χ0v) is 28.5. The molecule has 6 aliphatic rings. The van der Waals surface area contributed by atoms with E-state index in [2.05, 4.69) is 83.2 Å². The van der Waals surface area contributed by atoms with Gasteiger partial charge in [-0.05, 0) is 165 Å². The number of hydrogen-bond donors (Lipinski definition) is 1. The summed E-state index contributed by atoms with van der Waals surface area (Å²) in [6.07, 6.45) is 16.2. The summed E-state index contributed by atoms with van der Waals surface area (Å²) < 4.78 is 0. The van der Waals surface area contributed by atoms with Gasteiger partial charge in [0.05, 0.1) is 0 Å². The summed E-state index contributed by atoms with van der Waals surface area (Å²) in [4.78, 5) is 11.3. The first kappa shape index (κ1) is 35.5. The van der Waals surface area contributed by atoms with E-state index in [1.807, 2.05) is 19.1 Å². The molecule has 2 aromatic rings. The third kappa shape index (κ3) is 15.1. The van der Waals surface area contributed by atoms with Crippen molar-refractivity contribution in [3.05, 3.63) is 60.4 Å². The zero-order valence-electron chi connectivity index (χ0n) is 28.5. The van der Waals surface area contributed by atoms with Gasteiger partial charge in [-0.2, -0.15) is 0 Å². The van der Waals surface area contributed by atoms with Gasteiger partial charge in [-0.3, -0.25) is 4.98 Å². The third-order valence-electron chi connectivity index (χ3n) is 9.93. The van der Waals surface area contributed by atoms with Crippen LogP contribution in [0.15, 0.2) is 54.9 Å². The van der Waals surface area contributed by atoms with Crippen LogP contribution in [0.5, 0.6) is 0 Å². The number of nitrogens with zero attached hydrogens (tertiary/aromatic N) is 4. The van der Waals surface area contributed by atoms with E-state index in [0.717, 1.165) is 23.7 Å². The minimum absolute atomic E-state index is 0.917. The number of para-hydroxylation sites is 1. The highest BCUT2D eigenvalue weighted by Gasteiger charge is 2.30. The molecule has 1 N–H and O–H groups in total. The Labute approximate surface area is 265 Å². The van der Waals surface area contributed by atoms with E-state index in [4.69, 9.17) is 0 Å². The van der Waals surface area contributed by atoms with Gasteiger partial charge in [-0.15, -0.1) is 0 Å². The molecule has 0 aliphatic carbocycles. The van der Waals surface area contributed by atoms with Crippen LogP contribution in [0.4, 0.5) is 5.69 Å². The number of rotatable bonds is 1. The lowest BCUT2D eigenvalue weighted by Crippen LogP contribution is -2.46. The van der Waals surface area contributed by atoms with Gasteiger partial charge in [-0.1, -0.05) is 39.0 Å². The quantitative estimate of drug-likeness (QED) is 0.367. The van der Waals surface area contributed by atoms with Crippen LogP contribution in [0.2, 0.25) is 0 Å². The van der Waals surface area contributed by atoms with E-state index in [9.17, 15) is 0 Å². The number of piperidine rings is 4. The molecule has 6 aliphatic heterocycles. The molecule has 6 fully saturated rings. The number of fused-ring (bicyclic) bond motifs is 3. The molecule has 0 saturated carbocycles.